The Morgan fingerprint density at radius 3 is 2.46 bits per heavy atom. The van der Waals surface area contributed by atoms with E-state index in [2.05, 4.69) is 171 Å². The van der Waals surface area contributed by atoms with Crippen LogP contribution in [0.5, 0.6) is 5.75 Å². The van der Waals surface area contributed by atoms with Crippen molar-refractivity contribution in [2.75, 3.05) is 11.4 Å². The standard InChI is InChI=1S/C54H57NO/c1-38-23-25-41(26-24-38)42-27-29-47(30-28-42)55(48-20-12-18-44(34-48)40-14-6-4-7-15-40)33-13-19-45-37-54(3,32-31-39(45)2)46-35-50(43-16-8-5-9-17-43)53-51(36-46)49-21-10-11-22-52(49)56-53/h4-6,8-12,14,16-18,20-23,25,27-30,34-36,38,41,50,53H,7,13,15,19,24,26,31-33,37H2,1-3H3. The highest BCUT2D eigenvalue weighted by Gasteiger charge is 2.42. The van der Waals surface area contributed by atoms with Crippen LogP contribution in [0.2, 0.25) is 0 Å². The van der Waals surface area contributed by atoms with Crippen LogP contribution < -0.4 is 9.64 Å². The number of benzene rings is 4. The zero-order valence-electron chi connectivity index (χ0n) is 33.6. The zero-order chi connectivity index (χ0) is 38.1. The molecule has 1 aliphatic heterocycles. The second-order valence-corrected chi connectivity index (χ2v) is 17.4. The second kappa shape index (κ2) is 15.8. The summed E-state index contributed by atoms with van der Waals surface area (Å²) in [5.41, 5.74) is 15.5. The van der Waals surface area contributed by atoms with Crippen molar-refractivity contribution in [3.8, 4) is 5.75 Å². The summed E-state index contributed by atoms with van der Waals surface area (Å²) in [5, 5.41) is 0. The zero-order valence-corrected chi connectivity index (χ0v) is 33.6. The van der Waals surface area contributed by atoms with Gasteiger partial charge in [0.2, 0.25) is 0 Å². The van der Waals surface area contributed by atoms with E-state index < -0.39 is 0 Å². The smallest absolute Gasteiger partial charge is 0.135 e. The molecule has 56 heavy (non-hydrogen) atoms. The number of para-hydroxylation sites is 1. The Balaban J connectivity index is 0.970. The molecule has 0 N–H and O–H groups in total. The quantitative estimate of drug-likeness (QED) is 0.150. The Bertz CT molecular complexity index is 2250. The number of hydrogen-bond donors (Lipinski definition) is 0. The largest absolute Gasteiger partial charge is 0.484 e. The van der Waals surface area contributed by atoms with E-state index in [4.69, 9.17) is 4.74 Å². The summed E-state index contributed by atoms with van der Waals surface area (Å²) in [4.78, 5) is 2.58. The van der Waals surface area contributed by atoms with Gasteiger partial charge in [-0.15, -0.1) is 0 Å². The summed E-state index contributed by atoms with van der Waals surface area (Å²) in [6, 6.07) is 38.5. The third-order valence-corrected chi connectivity index (χ3v) is 13.5. The van der Waals surface area contributed by atoms with E-state index in [0.29, 0.717) is 11.8 Å². The van der Waals surface area contributed by atoms with Gasteiger partial charge in [-0.25, -0.2) is 0 Å². The van der Waals surface area contributed by atoms with Gasteiger partial charge in [0, 0.05) is 40.9 Å². The molecule has 0 radical (unpaired) electrons. The van der Waals surface area contributed by atoms with Crippen LogP contribution in [0.3, 0.4) is 0 Å². The minimum absolute atomic E-state index is 0.0229. The van der Waals surface area contributed by atoms with Crippen LogP contribution in [0, 0.1) is 11.3 Å². The van der Waals surface area contributed by atoms with Gasteiger partial charge in [-0.3, -0.25) is 0 Å². The lowest BCUT2D eigenvalue weighted by Crippen LogP contribution is -2.30. The number of nitrogens with zero attached hydrogens (tertiary/aromatic N) is 1. The molecule has 0 bridgehead atoms. The molecular weight excluding hydrogens is 679 g/mol. The lowest BCUT2D eigenvalue weighted by Gasteiger charge is -2.40. The monoisotopic (exact) mass is 735 g/mol. The van der Waals surface area contributed by atoms with Crippen LogP contribution >= 0.6 is 0 Å². The highest BCUT2D eigenvalue weighted by atomic mass is 16.5. The lowest BCUT2D eigenvalue weighted by molar-refractivity contribution is 0.254. The van der Waals surface area contributed by atoms with Crippen molar-refractivity contribution in [1.82, 2.24) is 0 Å². The predicted molar refractivity (Wildman–Crippen MR) is 237 cm³/mol. The Labute approximate surface area is 335 Å². The number of fused-ring (bicyclic) bond motifs is 3. The first kappa shape index (κ1) is 36.6. The molecule has 5 unspecified atom stereocenters. The van der Waals surface area contributed by atoms with Gasteiger partial charge in [0.15, 0.2) is 0 Å². The number of rotatable bonds is 10. The van der Waals surface area contributed by atoms with Crippen LogP contribution in [0.15, 0.2) is 162 Å². The molecule has 0 spiro atoms. The van der Waals surface area contributed by atoms with Crippen LogP contribution in [0.1, 0.15) is 113 Å². The predicted octanol–water partition coefficient (Wildman–Crippen LogP) is 14.5. The molecule has 2 heteroatoms. The summed E-state index contributed by atoms with van der Waals surface area (Å²) < 4.78 is 6.68. The fourth-order valence-electron chi connectivity index (χ4n) is 10.0. The Morgan fingerprint density at radius 1 is 0.821 bits per heavy atom. The average Bonchev–Trinajstić information content (AvgIpc) is 3.63. The Morgan fingerprint density at radius 2 is 1.66 bits per heavy atom. The molecule has 0 saturated heterocycles. The number of allylic oxidation sites excluding steroid dienone is 10. The lowest BCUT2D eigenvalue weighted by atomic mass is 9.65. The molecular formula is C54H57NO. The first-order valence-corrected chi connectivity index (χ1v) is 21.4. The third kappa shape index (κ3) is 7.43. The molecule has 5 aliphatic rings. The van der Waals surface area contributed by atoms with E-state index in [9.17, 15) is 0 Å². The number of anilines is 2. The molecule has 4 aromatic rings. The van der Waals surface area contributed by atoms with Gasteiger partial charge in [0.05, 0.1) is 0 Å². The molecule has 4 aliphatic carbocycles. The van der Waals surface area contributed by atoms with Crippen LogP contribution in [0.4, 0.5) is 11.4 Å². The summed E-state index contributed by atoms with van der Waals surface area (Å²) in [6.07, 6.45) is 27.1. The molecule has 0 aromatic heterocycles. The van der Waals surface area contributed by atoms with Gasteiger partial charge in [-0.1, -0.05) is 140 Å². The molecule has 0 amide bonds. The second-order valence-electron chi connectivity index (χ2n) is 17.4. The normalized spacial score (nSPS) is 25.4. The van der Waals surface area contributed by atoms with Crippen molar-refractivity contribution in [2.24, 2.45) is 11.3 Å². The van der Waals surface area contributed by atoms with E-state index >= 15 is 0 Å². The van der Waals surface area contributed by atoms with Crippen LogP contribution in [-0.2, 0) is 0 Å². The minimum atomic E-state index is 0.0229. The SMILES string of the molecule is CC1=C(CCCN(c2ccc(C3C=CC(C)CC3)cc2)c2cccc(C3=CC=CCC3)c2)CC(C)(C2=CC(c3ccccc3)C3Oc4ccccc4C3=C2)CC1. The number of ether oxygens (including phenoxy) is 1. The molecule has 0 fully saturated rings. The fraction of sp³-hybridized carbons (Fsp3) is 0.333. The van der Waals surface area contributed by atoms with E-state index in [1.807, 2.05) is 0 Å². The van der Waals surface area contributed by atoms with E-state index in [-0.39, 0.29) is 17.4 Å². The molecule has 2 nitrogen and oxygen atoms in total. The van der Waals surface area contributed by atoms with E-state index in [1.54, 1.807) is 11.1 Å². The van der Waals surface area contributed by atoms with E-state index in [1.165, 1.54) is 69.6 Å². The number of hydrogen-bond acceptors (Lipinski definition) is 2. The topological polar surface area (TPSA) is 12.5 Å². The third-order valence-electron chi connectivity index (χ3n) is 13.5. The maximum atomic E-state index is 6.68. The molecule has 0 saturated carbocycles. The van der Waals surface area contributed by atoms with Gasteiger partial charge in [0.25, 0.3) is 0 Å². The molecule has 9 rings (SSSR count). The van der Waals surface area contributed by atoms with Gasteiger partial charge >= 0.3 is 0 Å². The first-order chi connectivity index (χ1) is 27.4. The summed E-state index contributed by atoms with van der Waals surface area (Å²) in [5.74, 6) is 2.43. The minimum Gasteiger partial charge on any atom is -0.484 e. The molecule has 284 valence electrons. The summed E-state index contributed by atoms with van der Waals surface area (Å²) >= 11 is 0. The van der Waals surface area contributed by atoms with E-state index in [0.717, 1.165) is 50.8 Å². The van der Waals surface area contributed by atoms with Crippen LogP contribution in [-0.4, -0.2) is 12.6 Å². The highest BCUT2D eigenvalue weighted by Crippen LogP contribution is 2.53. The van der Waals surface area contributed by atoms with Crippen molar-refractivity contribution in [2.45, 2.75) is 96.5 Å². The van der Waals surface area contributed by atoms with Gasteiger partial charge in [0.1, 0.15) is 11.9 Å². The average molecular weight is 736 g/mol. The maximum Gasteiger partial charge on any atom is 0.135 e. The summed E-state index contributed by atoms with van der Waals surface area (Å²) in [7, 11) is 0. The molecule has 5 atom stereocenters. The fourth-order valence-corrected chi connectivity index (χ4v) is 10.0. The molecule has 4 aromatic carbocycles. The summed E-state index contributed by atoms with van der Waals surface area (Å²) in [6.45, 7) is 8.25. The first-order valence-electron chi connectivity index (χ1n) is 21.4. The molecule has 1 heterocycles. The van der Waals surface area contributed by atoms with Crippen molar-refractivity contribution in [3.05, 3.63) is 185 Å². The van der Waals surface area contributed by atoms with Gasteiger partial charge < -0.3 is 9.64 Å². The van der Waals surface area contributed by atoms with Gasteiger partial charge in [-0.05, 0) is 134 Å². The van der Waals surface area contributed by atoms with Crippen molar-refractivity contribution >= 4 is 22.5 Å². The van der Waals surface area contributed by atoms with Crippen LogP contribution in [0.25, 0.3) is 11.1 Å². The van der Waals surface area contributed by atoms with Crippen molar-refractivity contribution in [3.63, 3.8) is 0 Å². The Hall–Kier alpha value is -5.08. The highest BCUT2D eigenvalue weighted by molar-refractivity contribution is 5.82. The maximum absolute atomic E-state index is 6.68. The Kier molecular flexibility index (Phi) is 10.3. The van der Waals surface area contributed by atoms with Gasteiger partial charge in [-0.2, -0.15) is 0 Å². The van der Waals surface area contributed by atoms with Crippen molar-refractivity contribution < 1.29 is 4.74 Å². The van der Waals surface area contributed by atoms with Crippen molar-refractivity contribution in [1.29, 1.82) is 0 Å².